The first-order valence-electron chi connectivity index (χ1n) is 0. The zero-order valence-electron chi connectivity index (χ0n) is 10.4. The maximum Gasteiger partial charge on any atom is 2.00 e. The molecule has 8 nitrogen and oxygen atoms in total. The summed E-state index contributed by atoms with van der Waals surface area (Å²) in [6.07, 6.45) is 0. The van der Waals surface area contributed by atoms with Crippen molar-refractivity contribution < 1.29 is 93.0 Å². The van der Waals surface area contributed by atoms with Crippen LogP contribution in [0.25, 0.3) is 0 Å². The Bertz CT molecular complexity index is 30.0. The molecule has 0 unspecified atom stereocenters. The van der Waals surface area contributed by atoms with Crippen LogP contribution < -0.4 is 0 Å². The van der Waals surface area contributed by atoms with Gasteiger partial charge in [0.1, 0.15) is 0 Å². The van der Waals surface area contributed by atoms with Crippen LogP contribution >= 0.6 is 0 Å². The van der Waals surface area contributed by atoms with E-state index in [0.29, 0.717) is 0 Å². The van der Waals surface area contributed by atoms with Crippen molar-refractivity contribution >= 4 is 94.4 Å². The van der Waals surface area contributed by atoms with Gasteiger partial charge in [0.05, 0.1) is 0 Å². The molecular formula is H20BaO8SrTi2. The van der Waals surface area contributed by atoms with E-state index in [9.17, 15) is 0 Å². The van der Waals surface area contributed by atoms with Gasteiger partial charge in [-0.25, -0.2) is 0 Å². The summed E-state index contributed by atoms with van der Waals surface area (Å²) in [4.78, 5) is 0. The molecule has 12 heavy (non-hydrogen) atoms. The Morgan fingerprint density at radius 1 is 0.417 bits per heavy atom. The Kier molecular flexibility index (Phi) is 3140. The second kappa shape index (κ2) is 176. The molecule has 0 aliphatic heterocycles. The summed E-state index contributed by atoms with van der Waals surface area (Å²) in [7, 11) is 0. The third kappa shape index (κ3) is 142. The van der Waals surface area contributed by atoms with E-state index in [0.717, 1.165) is 0 Å². The quantitative estimate of drug-likeness (QED) is 0.300. The monoisotopic (exact) mass is 470 g/mol. The summed E-state index contributed by atoms with van der Waals surface area (Å²) < 4.78 is 0. The zero-order valence-corrected chi connectivity index (χ0v) is 17.5. The summed E-state index contributed by atoms with van der Waals surface area (Å²) >= 11 is 0. The van der Waals surface area contributed by atoms with Crippen LogP contribution in [0.1, 0.15) is 5.71 Å². The summed E-state index contributed by atoms with van der Waals surface area (Å²) in [6, 6.07) is 0. The van der Waals surface area contributed by atoms with E-state index in [-0.39, 0.29) is 187 Å². The topological polar surface area (TPSA) is 252 Å². The molecule has 0 aromatic carbocycles. The largest absolute Gasteiger partial charge is 2.00 e. The van der Waals surface area contributed by atoms with Crippen molar-refractivity contribution in [3.63, 3.8) is 0 Å². The van der Waals surface area contributed by atoms with Gasteiger partial charge in [0, 0.05) is 43.4 Å². The van der Waals surface area contributed by atoms with Crippen LogP contribution in [0.3, 0.4) is 0 Å². The normalized spacial score (nSPS) is 0. The second-order valence-corrected chi connectivity index (χ2v) is 0. The van der Waals surface area contributed by atoms with Crippen LogP contribution in [0.2, 0.25) is 0 Å². The van der Waals surface area contributed by atoms with Crippen molar-refractivity contribution in [3.05, 3.63) is 0 Å². The van der Waals surface area contributed by atoms with Gasteiger partial charge in [-0.1, -0.05) is 0 Å². The van der Waals surface area contributed by atoms with Gasteiger partial charge in [0.15, 0.2) is 0 Å². The molecule has 0 saturated heterocycles. The Labute approximate surface area is 183 Å². The minimum Gasteiger partial charge on any atom is -1.00 e. The van der Waals surface area contributed by atoms with Crippen molar-refractivity contribution in [3.8, 4) is 0 Å². The van der Waals surface area contributed by atoms with Crippen molar-refractivity contribution in [1.82, 2.24) is 0 Å². The summed E-state index contributed by atoms with van der Waals surface area (Å²) in [6.45, 7) is 0. The van der Waals surface area contributed by atoms with Gasteiger partial charge in [0.25, 0.3) is 0 Å². The first kappa shape index (κ1) is 215. The van der Waals surface area contributed by atoms with Gasteiger partial charge in [-0.05, 0) is 0 Å². The minimum atomic E-state index is 0. The van der Waals surface area contributed by atoms with E-state index >= 15 is 0 Å². The molecule has 0 aliphatic rings. The molecule has 0 saturated carbocycles. The average molecular weight is 469 g/mol. The average Bonchev–Trinajstić information content (AvgIpc) is 0. The zero-order chi connectivity index (χ0) is 0. The minimum absolute atomic E-state index is 0. The van der Waals surface area contributed by atoms with Crippen molar-refractivity contribution in [2.24, 2.45) is 0 Å². The van der Waals surface area contributed by atoms with E-state index in [4.69, 9.17) is 0 Å². The van der Waals surface area contributed by atoms with Crippen molar-refractivity contribution in [2.45, 2.75) is 0 Å². The van der Waals surface area contributed by atoms with Gasteiger partial charge in [-0.2, -0.15) is 0 Å². The smallest absolute Gasteiger partial charge is 1.00 e. The number of hydrogen-bond acceptors (Lipinski definition) is 0. The van der Waals surface area contributed by atoms with Crippen LogP contribution in [0.4, 0.5) is 0 Å². The Morgan fingerprint density at radius 2 is 0.417 bits per heavy atom. The van der Waals surface area contributed by atoms with E-state index in [1.807, 2.05) is 0 Å². The molecule has 0 heterocycles. The molecule has 0 aromatic rings. The van der Waals surface area contributed by atoms with Crippen LogP contribution in [0.15, 0.2) is 0 Å². The summed E-state index contributed by atoms with van der Waals surface area (Å²) in [5, 5.41) is 0. The fraction of sp³-hybridized carbons (Fsp3) is 0. The van der Waals surface area contributed by atoms with Gasteiger partial charge < -0.3 is 49.5 Å². The Balaban J connectivity index is 0. The van der Waals surface area contributed by atoms with Crippen molar-refractivity contribution in [2.75, 3.05) is 0 Å². The molecule has 0 aliphatic carbocycles. The fourth-order valence-electron chi connectivity index (χ4n) is 0. The molecule has 16 N–H and O–H groups in total. The third-order valence-electron chi connectivity index (χ3n) is 0. The first-order chi connectivity index (χ1) is 0. The van der Waals surface area contributed by atoms with Gasteiger partial charge in [0.2, 0.25) is 0 Å². The number of rotatable bonds is 0. The van der Waals surface area contributed by atoms with E-state index < -0.39 is 0 Å². The SMILES string of the molecule is O.O.O.O.O.O.O.O.[Ba+2].[H-].[H-].[H-].[H-].[Sr+2].[Ti].[Ti]. The van der Waals surface area contributed by atoms with E-state index in [1.54, 1.807) is 0 Å². The molecule has 0 rings (SSSR count). The molecular weight excluding hydrogens is 449 g/mol. The standard InChI is InChI=1S/Ba.8H2O.Sr.2Ti.4H/h;8*1H2;;;;;;;/q+2;;;;;;;;;+2;;;4*-1. The molecule has 0 aromatic heterocycles. The third-order valence-corrected chi connectivity index (χ3v) is 0. The number of hydrogen-bond donors (Lipinski definition) is 0. The molecule has 12 heteroatoms. The fourth-order valence-corrected chi connectivity index (χ4v) is 0. The Hall–Kier alpha value is 4.16. The van der Waals surface area contributed by atoms with Gasteiger partial charge in [-0.15, -0.1) is 0 Å². The van der Waals surface area contributed by atoms with Gasteiger partial charge in [-0.3, -0.25) is 0 Å². The van der Waals surface area contributed by atoms with Crippen molar-refractivity contribution in [1.29, 1.82) is 0 Å². The van der Waals surface area contributed by atoms with Gasteiger partial charge >= 0.3 is 94.4 Å². The molecule has 80 valence electrons. The molecule has 0 bridgehead atoms. The summed E-state index contributed by atoms with van der Waals surface area (Å²) in [5.74, 6) is 0. The molecule has 0 radical (unpaired) electrons. The maximum atomic E-state index is 0. The Morgan fingerprint density at radius 3 is 0.417 bits per heavy atom. The molecule has 0 amide bonds. The molecule has 0 atom stereocenters. The van der Waals surface area contributed by atoms with Crippen LogP contribution in [-0.4, -0.2) is 138 Å². The summed E-state index contributed by atoms with van der Waals surface area (Å²) in [5.41, 5.74) is 0. The van der Waals surface area contributed by atoms with Crippen LogP contribution in [0.5, 0.6) is 0 Å². The maximum absolute atomic E-state index is 0. The molecule has 0 spiro atoms. The molecule has 0 fully saturated rings. The predicted molar refractivity (Wildman–Crippen MR) is 44.9 cm³/mol. The second-order valence-electron chi connectivity index (χ2n) is 0. The van der Waals surface area contributed by atoms with Crippen LogP contribution in [-0.2, 0) is 43.4 Å². The van der Waals surface area contributed by atoms with E-state index in [1.165, 1.54) is 0 Å². The first-order valence-corrected chi connectivity index (χ1v) is 0. The predicted octanol–water partition coefficient (Wildman–Crippen LogP) is -6.91. The van der Waals surface area contributed by atoms with Crippen LogP contribution in [0, 0.1) is 0 Å². The van der Waals surface area contributed by atoms with E-state index in [2.05, 4.69) is 0 Å².